The number of benzene rings is 1. The summed E-state index contributed by atoms with van der Waals surface area (Å²) >= 11 is 0. The summed E-state index contributed by atoms with van der Waals surface area (Å²) in [5.74, 6) is -0.160. The normalized spacial score (nSPS) is 15.0. The summed E-state index contributed by atoms with van der Waals surface area (Å²) in [6.45, 7) is 3.07. The molecule has 0 heterocycles. The summed E-state index contributed by atoms with van der Waals surface area (Å²) in [5, 5.41) is 10.8. The summed E-state index contributed by atoms with van der Waals surface area (Å²) in [5.41, 5.74) is 1.17. The van der Waals surface area contributed by atoms with Crippen LogP contribution in [-0.2, 0) is 9.59 Å². The Hall–Kier alpha value is -2.77. The van der Waals surface area contributed by atoms with Crippen LogP contribution in [0.5, 0.6) is 5.75 Å². The van der Waals surface area contributed by atoms with E-state index in [0.29, 0.717) is 17.1 Å². The van der Waals surface area contributed by atoms with Gasteiger partial charge in [-0.3, -0.25) is 14.9 Å². The number of carbonyl (C=O) groups is 3. The fourth-order valence-electron chi connectivity index (χ4n) is 2.90. The minimum atomic E-state index is -0.624. The highest BCUT2D eigenvalue weighted by Gasteiger charge is 2.20. The smallest absolute Gasteiger partial charge is 0.321 e. The minimum Gasteiger partial charge on any atom is -0.494 e. The van der Waals surface area contributed by atoms with Crippen molar-refractivity contribution in [1.82, 2.24) is 10.6 Å². The first kappa shape index (κ1) is 19.6. The number of ether oxygens (including phenoxy) is 1. The number of carbonyl (C=O) groups excluding carboxylic acids is 3. The third kappa shape index (κ3) is 5.65. The van der Waals surface area contributed by atoms with Crippen LogP contribution >= 0.6 is 0 Å². The van der Waals surface area contributed by atoms with Crippen LogP contribution in [0.3, 0.4) is 0 Å². The number of urea groups is 1. The van der Waals surface area contributed by atoms with Crippen molar-refractivity contribution >= 4 is 29.2 Å². The molecule has 0 aromatic heterocycles. The SMILES string of the molecule is COc1cc(NC(C)C(=O)NC(=O)NC2CCCC2)ccc1NC(C)=O. The van der Waals surface area contributed by atoms with Gasteiger partial charge in [0, 0.05) is 24.7 Å². The van der Waals surface area contributed by atoms with Crippen molar-refractivity contribution < 1.29 is 19.1 Å². The lowest BCUT2D eigenvalue weighted by molar-refractivity contribution is -0.120. The summed E-state index contributed by atoms with van der Waals surface area (Å²) in [4.78, 5) is 35.2. The maximum Gasteiger partial charge on any atom is 0.321 e. The summed E-state index contributed by atoms with van der Waals surface area (Å²) in [6.07, 6.45) is 4.12. The van der Waals surface area contributed by atoms with Gasteiger partial charge in [-0.25, -0.2) is 4.79 Å². The number of nitrogens with one attached hydrogen (secondary N) is 4. The summed E-state index contributed by atoms with van der Waals surface area (Å²) in [6, 6.07) is 4.13. The van der Waals surface area contributed by atoms with Gasteiger partial charge in [0.1, 0.15) is 11.8 Å². The van der Waals surface area contributed by atoms with Crippen molar-refractivity contribution in [3.8, 4) is 5.75 Å². The average Bonchev–Trinajstić information content (AvgIpc) is 3.08. The van der Waals surface area contributed by atoms with Crippen LogP contribution in [0.15, 0.2) is 18.2 Å². The standard InChI is InChI=1S/C18H26N4O4/c1-11(17(24)22-18(25)21-13-6-4-5-7-13)19-14-8-9-15(20-12(2)23)16(10-14)26-3/h8-11,13,19H,4-7H2,1-3H3,(H,20,23)(H2,21,22,24,25). The molecule has 1 aromatic carbocycles. The van der Waals surface area contributed by atoms with E-state index in [1.165, 1.54) is 14.0 Å². The maximum atomic E-state index is 12.2. The van der Waals surface area contributed by atoms with E-state index in [-0.39, 0.29) is 11.9 Å². The van der Waals surface area contributed by atoms with Gasteiger partial charge >= 0.3 is 6.03 Å². The van der Waals surface area contributed by atoms with Gasteiger partial charge in [-0.15, -0.1) is 0 Å². The Morgan fingerprint density at radius 3 is 2.50 bits per heavy atom. The van der Waals surface area contributed by atoms with Gasteiger partial charge in [0.15, 0.2) is 0 Å². The van der Waals surface area contributed by atoms with Crippen LogP contribution in [0.1, 0.15) is 39.5 Å². The molecule has 0 aliphatic heterocycles. The molecule has 4 amide bonds. The van der Waals surface area contributed by atoms with Crippen LogP contribution in [0.25, 0.3) is 0 Å². The van der Waals surface area contributed by atoms with E-state index < -0.39 is 18.0 Å². The Morgan fingerprint density at radius 2 is 1.88 bits per heavy atom. The molecular weight excluding hydrogens is 336 g/mol. The number of hydrogen-bond donors (Lipinski definition) is 4. The highest BCUT2D eigenvalue weighted by atomic mass is 16.5. The zero-order chi connectivity index (χ0) is 19.1. The molecule has 1 aliphatic rings. The molecule has 1 saturated carbocycles. The van der Waals surface area contributed by atoms with Gasteiger partial charge in [-0.1, -0.05) is 12.8 Å². The Kier molecular flexibility index (Phi) is 6.82. The Bertz CT molecular complexity index is 671. The first-order valence-electron chi connectivity index (χ1n) is 8.72. The third-order valence-electron chi connectivity index (χ3n) is 4.22. The lowest BCUT2D eigenvalue weighted by atomic mass is 10.2. The zero-order valence-electron chi connectivity index (χ0n) is 15.3. The van der Waals surface area contributed by atoms with Gasteiger partial charge < -0.3 is 20.7 Å². The highest BCUT2D eigenvalue weighted by Crippen LogP contribution is 2.28. The van der Waals surface area contributed by atoms with Crippen molar-refractivity contribution in [1.29, 1.82) is 0 Å². The third-order valence-corrected chi connectivity index (χ3v) is 4.22. The minimum absolute atomic E-state index is 0.150. The molecule has 1 aliphatic carbocycles. The Morgan fingerprint density at radius 1 is 1.19 bits per heavy atom. The second-order valence-corrected chi connectivity index (χ2v) is 6.41. The predicted molar refractivity (Wildman–Crippen MR) is 99.3 cm³/mol. The number of methoxy groups -OCH3 is 1. The number of rotatable bonds is 6. The molecule has 4 N–H and O–H groups in total. The molecule has 8 nitrogen and oxygen atoms in total. The van der Waals surface area contributed by atoms with Crippen LogP contribution in [0, 0.1) is 0 Å². The molecule has 1 atom stereocenters. The zero-order valence-corrected chi connectivity index (χ0v) is 15.3. The lowest BCUT2D eigenvalue weighted by Crippen LogP contribution is -2.48. The number of hydrogen-bond acceptors (Lipinski definition) is 5. The summed E-state index contributed by atoms with van der Waals surface area (Å²) < 4.78 is 5.25. The first-order chi connectivity index (χ1) is 12.4. The van der Waals surface area contributed by atoms with Crippen molar-refractivity contribution in [3.05, 3.63) is 18.2 Å². The molecule has 2 rings (SSSR count). The van der Waals surface area contributed by atoms with Gasteiger partial charge in [0.25, 0.3) is 0 Å². The van der Waals surface area contributed by atoms with E-state index >= 15 is 0 Å². The van der Waals surface area contributed by atoms with Crippen LogP contribution in [0.4, 0.5) is 16.2 Å². The van der Waals surface area contributed by atoms with Gasteiger partial charge in [0.2, 0.25) is 11.8 Å². The van der Waals surface area contributed by atoms with Crippen molar-refractivity contribution in [2.75, 3.05) is 17.7 Å². The number of imide groups is 1. The number of amides is 4. The fourth-order valence-corrected chi connectivity index (χ4v) is 2.90. The molecule has 26 heavy (non-hydrogen) atoms. The molecule has 0 saturated heterocycles. The monoisotopic (exact) mass is 362 g/mol. The fraction of sp³-hybridized carbons (Fsp3) is 0.500. The van der Waals surface area contributed by atoms with Crippen LogP contribution in [-0.4, -0.2) is 37.0 Å². The molecule has 1 aromatic rings. The van der Waals surface area contributed by atoms with Crippen LogP contribution in [0.2, 0.25) is 0 Å². The van der Waals surface area contributed by atoms with E-state index in [0.717, 1.165) is 25.7 Å². The largest absolute Gasteiger partial charge is 0.494 e. The predicted octanol–water partition coefficient (Wildman–Crippen LogP) is 2.22. The van der Waals surface area contributed by atoms with E-state index in [1.807, 2.05) is 0 Å². The Balaban J connectivity index is 1.91. The molecule has 0 bridgehead atoms. The topological polar surface area (TPSA) is 109 Å². The van der Waals surface area contributed by atoms with E-state index in [9.17, 15) is 14.4 Å². The number of anilines is 2. The van der Waals surface area contributed by atoms with E-state index in [4.69, 9.17) is 4.74 Å². The maximum absolute atomic E-state index is 12.2. The van der Waals surface area contributed by atoms with Crippen molar-refractivity contribution in [2.45, 2.75) is 51.6 Å². The van der Waals surface area contributed by atoms with E-state index in [2.05, 4.69) is 21.3 Å². The Labute approximate surface area is 153 Å². The lowest BCUT2D eigenvalue weighted by Gasteiger charge is -2.18. The van der Waals surface area contributed by atoms with Gasteiger partial charge in [0.05, 0.1) is 12.8 Å². The second-order valence-electron chi connectivity index (χ2n) is 6.41. The van der Waals surface area contributed by atoms with E-state index in [1.54, 1.807) is 25.1 Å². The molecule has 8 heteroatoms. The van der Waals surface area contributed by atoms with Crippen molar-refractivity contribution in [3.63, 3.8) is 0 Å². The highest BCUT2D eigenvalue weighted by molar-refractivity contribution is 5.98. The summed E-state index contributed by atoms with van der Waals surface area (Å²) in [7, 11) is 1.49. The molecule has 142 valence electrons. The van der Waals surface area contributed by atoms with Gasteiger partial charge in [-0.2, -0.15) is 0 Å². The molecule has 1 unspecified atom stereocenters. The molecular formula is C18H26N4O4. The molecule has 1 fully saturated rings. The quantitative estimate of drug-likeness (QED) is 0.620. The first-order valence-corrected chi connectivity index (χ1v) is 8.72. The van der Waals surface area contributed by atoms with Gasteiger partial charge in [-0.05, 0) is 31.9 Å². The average molecular weight is 362 g/mol. The van der Waals surface area contributed by atoms with Crippen LogP contribution < -0.4 is 26.0 Å². The molecule has 0 radical (unpaired) electrons. The van der Waals surface area contributed by atoms with Crippen molar-refractivity contribution in [2.24, 2.45) is 0 Å². The molecule has 0 spiro atoms. The second kappa shape index (κ2) is 9.07.